The van der Waals surface area contributed by atoms with Crippen molar-refractivity contribution in [3.05, 3.63) is 176 Å². The van der Waals surface area contributed by atoms with E-state index in [9.17, 15) is 0 Å². The van der Waals surface area contributed by atoms with Crippen molar-refractivity contribution in [2.75, 3.05) is 0 Å². The van der Waals surface area contributed by atoms with E-state index in [0.717, 1.165) is 11.4 Å². The summed E-state index contributed by atoms with van der Waals surface area (Å²) in [5.74, 6) is 0. The summed E-state index contributed by atoms with van der Waals surface area (Å²) >= 11 is 0. The number of rotatable bonds is 4. The maximum atomic E-state index is 2.47. The summed E-state index contributed by atoms with van der Waals surface area (Å²) < 4.78 is 7.23. The van der Waals surface area contributed by atoms with Gasteiger partial charge in [0.15, 0.2) is 0 Å². The van der Waals surface area contributed by atoms with Crippen LogP contribution in [0.3, 0.4) is 0 Å². The van der Waals surface area contributed by atoms with E-state index in [0.29, 0.717) is 0 Å². The van der Waals surface area contributed by atoms with Gasteiger partial charge in [-0.05, 0) is 71.3 Å². The molecule has 0 spiro atoms. The molecule has 0 fully saturated rings. The Bertz CT molecular complexity index is 2720. The smallest absolute Gasteiger partial charge is 0.0803 e. The lowest BCUT2D eigenvalue weighted by atomic mass is 10.0. The molecule has 0 aliphatic carbocycles. The molecule has 0 atom stereocenters. The average Bonchev–Trinajstić information content (AvgIpc) is 3.78. The van der Waals surface area contributed by atoms with Crippen molar-refractivity contribution in [2.45, 2.75) is 0 Å². The summed E-state index contributed by atoms with van der Waals surface area (Å²) in [5.41, 5.74) is 13.1. The summed E-state index contributed by atoms with van der Waals surface area (Å²) in [5, 5.41) is 5.03. The van der Waals surface area contributed by atoms with Gasteiger partial charge in [0, 0.05) is 39.1 Å². The first-order valence-electron chi connectivity index (χ1n) is 16.1. The predicted octanol–water partition coefficient (Wildman–Crippen LogP) is 11.5. The standard InChI is InChI=1S/C44H29N3/c1-3-14-30(15-4-1)32-25-26-40-37(28-32)42-43(31-16-5-2-6-17-31)45-27-12-11-24-41(45)44(42)47(40)34-19-13-18-33(29-34)46-38-22-9-7-20-35(38)36-21-8-10-23-39(36)46/h1-29H. The largest absolute Gasteiger partial charge is 0.314 e. The van der Waals surface area contributed by atoms with Crippen LogP contribution in [-0.4, -0.2) is 13.5 Å². The molecule has 0 aliphatic rings. The Morgan fingerprint density at radius 1 is 0.340 bits per heavy atom. The van der Waals surface area contributed by atoms with Crippen LogP contribution in [0.1, 0.15) is 0 Å². The number of fused-ring (bicyclic) bond motifs is 8. The number of aromatic nitrogens is 3. The lowest BCUT2D eigenvalue weighted by molar-refractivity contribution is 1.13. The number of hydrogen-bond donors (Lipinski definition) is 0. The second kappa shape index (κ2) is 10.1. The minimum atomic E-state index is 1.13. The molecule has 6 aromatic carbocycles. The molecule has 4 aromatic heterocycles. The van der Waals surface area contributed by atoms with E-state index < -0.39 is 0 Å². The highest BCUT2D eigenvalue weighted by Gasteiger charge is 2.23. The van der Waals surface area contributed by atoms with E-state index in [2.05, 4.69) is 190 Å². The molecule has 3 heteroatoms. The molecule has 4 heterocycles. The highest BCUT2D eigenvalue weighted by atomic mass is 15.0. The molecule has 10 aromatic rings. The van der Waals surface area contributed by atoms with Crippen LogP contribution in [-0.2, 0) is 0 Å². The maximum absolute atomic E-state index is 2.47. The van der Waals surface area contributed by atoms with Crippen molar-refractivity contribution in [3.63, 3.8) is 0 Å². The van der Waals surface area contributed by atoms with E-state index in [-0.39, 0.29) is 0 Å². The third-order valence-corrected chi connectivity index (χ3v) is 9.63. The quantitative estimate of drug-likeness (QED) is 0.191. The van der Waals surface area contributed by atoms with Crippen LogP contribution in [0.5, 0.6) is 0 Å². The summed E-state index contributed by atoms with van der Waals surface area (Å²) in [6.07, 6.45) is 2.20. The minimum absolute atomic E-state index is 1.13. The van der Waals surface area contributed by atoms with E-state index in [1.54, 1.807) is 0 Å². The van der Waals surface area contributed by atoms with E-state index in [1.165, 1.54) is 71.5 Å². The van der Waals surface area contributed by atoms with Gasteiger partial charge in [0.2, 0.25) is 0 Å². The minimum Gasteiger partial charge on any atom is -0.314 e. The van der Waals surface area contributed by atoms with Crippen LogP contribution < -0.4 is 0 Å². The molecule has 0 N–H and O–H groups in total. The zero-order chi connectivity index (χ0) is 30.9. The molecule has 0 saturated heterocycles. The van der Waals surface area contributed by atoms with Gasteiger partial charge in [-0.3, -0.25) is 0 Å². The maximum Gasteiger partial charge on any atom is 0.0803 e. The van der Waals surface area contributed by atoms with E-state index in [4.69, 9.17) is 0 Å². The van der Waals surface area contributed by atoms with Gasteiger partial charge >= 0.3 is 0 Å². The first-order valence-corrected chi connectivity index (χ1v) is 16.1. The Morgan fingerprint density at radius 2 is 0.915 bits per heavy atom. The van der Waals surface area contributed by atoms with Crippen LogP contribution in [0, 0.1) is 0 Å². The highest BCUT2D eigenvalue weighted by Crippen LogP contribution is 2.44. The van der Waals surface area contributed by atoms with Gasteiger partial charge in [0.25, 0.3) is 0 Å². The van der Waals surface area contributed by atoms with Crippen LogP contribution in [0.25, 0.3) is 82.9 Å². The molecule has 0 radical (unpaired) electrons. The number of nitrogens with zero attached hydrogens (tertiary/aromatic N) is 3. The van der Waals surface area contributed by atoms with Crippen LogP contribution in [0.4, 0.5) is 0 Å². The van der Waals surface area contributed by atoms with Gasteiger partial charge in [0.05, 0.1) is 33.3 Å². The van der Waals surface area contributed by atoms with Gasteiger partial charge in [-0.1, -0.05) is 115 Å². The average molecular weight is 600 g/mol. The third-order valence-electron chi connectivity index (χ3n) is 9.63. The number of para-hydroxylation sites is 2. The Morgan fingerprint density at radius 3 is 1.64 bits per heavy atom. The number of benzene rings is 6. The van der Waals surface area contributed by atoms with Crippen LogP contribution in [0.2, 0.25) is 0 Å². The first-order chi connectivity index (χ1) is 23.3. The van der Waals surface area contributed by atoms with E-state index in [1.807, 2.05) is 0 Å². The molecule has 0 bridgehead atoms. The van der Waals surface area contributed by atoms with Gasteiger partial charge in [0.1, 0.15) is 0 Å². The second-order valence-corrected chi connectivity index (χ2v) is 12.2. The second-order valence-electron chi connectivity index (χ2n) is 12.2. The molecular formula is C44H29N3. The fourth-order valence-corrected chi connectivity index (χ4v) is 7.65. The Labute approximate surface area is 271 Å². The van der Waals surface area contributed by atoms with Crippen molar-refractivity contribution in [1.29, 1.82) is 0 Å². The summed E-state index contributed by atoms with van der Waals surface area (Å²) in [6, 6.07) is 61.4. The molecule has 0 amide bonds. The zero-order valence-corrected chi connectivity index (χ0v) is 25.6. The van der Waals surface area contributed by atoms with E-state index >= 15 is 0 Å². The van der Waals surface area contributed by atoms with Crippen LogP contribution in [0.15, 0.2) is 176 Å². The van der Waals surface area contributed by atoms with Gasteiger partial charge in [-0.2, -0.15) is 0 Å². The van der Waals surface area contributed by atoms with Crippen LogP contribution >= 0.6 is 0 Å². The molecule has 47 heavy (non-hydrogen) atoms. The summed E-state index contributed by atoms with van der Waals surface area (Å²) in [4.78, 5) is 0. The topological polar surface area (TPSA) is 14.3 Å². The summed E-state index contributed by atoms with van der Waals surface area (Å²) in [7, 11) is 0. The molecule has 0 aliphatic heterocycles. The van der Waals surface area contributed by atoms with Gasteiger partial charge < -0.3 is 13.5 Å². The monoisotopic (exact) mass is 599 g/mol. The first kappa shape index (κ1) is 26.0. The fraction of sp³-hybridized carbons (Fsp3) is 0. The van der Waals surface area contributed by atoms with Crippen molar-refractivity contribution in [2.24, 2.45) is 0 Å². The number of hydrogen-bond acceptors (Lipinski definition) is 0. The molecule has 3 nitrogen and oxygen atoms in total. The molecule has 10 rings (SSSR count). The zero-order valence-electron chi connectivity index (χ0n) is 25.6. The van der Waals surface area contributed by atoms with Crippen molar-refractivity contribution in [1.82, 2.24) is 13.5 Å². The third kappa shape index (κ3) is 3.81. The van der Waals surface area contributed by atoms with Gasteiger partial charge in [-0.25, -0.2) is 0 Å². The molecule has 0 unspecified atom stereocenters. The molecule has 0 saturated carbocycles. The number of pyridine rings is 1. The fourth-order valence-electron chi connectivity index (χ4n) is 7.65. The lowest BCUT2D eigenvalue weighted by Gasteiger charge is -2.13. The van der Waals surface area contributed by atoms with Crippen molar-refractivity contribution >= 4 is 49.1 Å². The normalized spacial score (nSPS) is 11.8. The highest BCUT2D eigenvalue weighted by molar-refractivity contribution is 6.21. The Kier molecular flexibility index (Phi) is 5.57. The Balaban J connectivity index is 1.32. The SMILES string of the molecule is c1ccc(-c2ccc3c(c2)c2c(-c4ccccc4)n4ccccc4c2n3-c2cccc(-n3c4ccccc4c4ccccc43)c2)cc1. The predicted molar refractivity (Wildman–Crippen MR) is 197 cm³/mol. The lowest BCUT2D eigenvalue weighted by Crippen LogP contribution is -1.99. The summed E-state index contributed by atoms with van der Waals surface area (Å²) in [6.45, 7) is 0. The van der Waals surface area contributed by atoms with Crippen molar-refractivity contribution in [3.8, 4) is 33.8 Å². The van der Waals surface area contributed by atoms with Gasteiger partial charge in [-0.15, -0.1) is 0 Å². The van der Waals surface area contributed by atoms with Crippen molar-refractivity contribution < 1.29 is 0 Å². The molecular weight excluding hydrogens is 571 g/mol. The Hall–Kier alpha value is -6.32. The molecule has 220 valence electrons.